The second-order valence-electron chi connectivity index (χ2n) is 7.53. The number of hydrogen-bond donors (Lipinski definition) is 2. The molecule has 2 N–H and O–H groups in total. The molecule has 2 amide bonds. The predicted molar refractivity (Wildman–Crippen MR) is 113 cm³/mol. The Balaban J connectivity index is 1.94. The molecule has 0 spiro atoms. The summed E-state index contributed by atoms with van der Waals surface area (Å²) in [5.74, 6) is -0.854. The Bertz CT molecular complexity index is 824. The Hall–Kier alpha value is -2.73. The van der Waals surface area contributed by atoms with Crippen LogP contribution in [-0.2, 0) is 11.2 Å². The van der Waals surface area contributed by atoms with E-state index in [2.05, 4.69) is 10.6 Å². The first-order chi connectivity index (χ1) is 13.8. The highest BCUT2D eigenvalue weighted by Crippen LogP contribution is 2.18. The number of amides is 2. The molecule has 2 unspecified atom stereocenters. The fraction of sp³-hybridized carbons (Fsp3) is 0.391. The van der Waals surface area contributed by atoms with Crippen LogP contribution >= 0.6 is 0 Å². The number of benzene rings is 2. The highest BCUT2D eigenvalue weighted by Gasteiger charge is 2.17. The molecule has 0 aliphatic rings. The molecule has 0 aliphatic heterocycles. The minimum atomic E-state index is -0.542. The fourth-order valence-electron chi connectivity index (χ4n) is 3.20. The third-order valence-corrected chi connectivity index (χ3v) is 5.10. The highest BCUT2D eigenvalue weighted by atomic mass is 19.1. The van der Waals surface area contributed by atoms with Gasteiger partial charge in [0.15, 0.2) is 0 Å². The van der Waals surface area contributed by atoms with Gasteiger partial charge < -0.3 is 15.5 Å². The SMILES string of the molecule is CNC(=O)c1ccc(CC(CNC(=O)CC(C)c2ccccc2)N(C)C)cc1F. The summed E-state index contributed by atoms with van der Waals surface area (Å²) < 4.78 is 14.2. The van der Waals surface area contributed by atoms with E-state index in [4.69, 9.17) is 0 Å². The van der Waals surface area contributed by atoms with Gasteiger partial charge in [-0.1, -0.05) is 43.3 Å². The van der Waals surface area contributed by atoms with Crippen LogP contribution in [0.2, 0.25) is 0 Å². The normalized spacial score (nSPS) is 13.0. The largest absolute Gasteiger partial charge is 0.355 e. The number of carbonyl (C=O) groups excluding carboxylic acids is 2. The smallest absolute Gasteiger partial charge is 0.253 e. The number of halogens is 1. The number of hydrogen-bond acceptors (Lipinski definition) is 3. The molecule has 29 heavy (non-hydrogen) atoms. The third-order valence-electron chi connectivity index (χ3n) is 5.10. The van der Waals surface area contributed by atoms with Crippen molar-refractivity contribution in [2.75, 3.05) is 27.7 Å². The molecule has 0 bridgehead atoms. The van der Waals surface area contributed by atoms with Gasteiger partial charge in [0, 0.05) is 26.1 Å². The monoisotopic (exact) mass is 399 g/mol. The van der Waals surface area contributed by atoms with Crippen LogP contribution in [0.5, 0.6) is 0 Å². The van der Waals surface area contributed by atoms with Gasteiger partial charge >= 0.3 is 0 Å². The van der Waals surface area contributed by atoms with Crippen molar-refractivity contribution >= 4 is 11.8 Å². The second-order valence-corrected chi connectivity index (χ2v) is 7.53. The Labute approximate surface area is 172 Å². The molecule has 0 aliphatic carbocycles. The molecule has 2 atom stereocenters. The lowest BCUT2D eigenvalue weighted by Gasteiger charge is -2.25. The summed E-state index contributed by atoms with van der Waals surface area (Å²) in [5, 5.41) is 5.43. The molecule has 5 nitrogen and oxygen atoms in total. The predicted octanol–water partition coefficient (Wildman–Crippen LogP) is 2.97. The summed E-state index contributed by atoms with van der Waals surface area (Å²) in [6.45, 7) is 2.50. The van der Waals surface area contributed by atoms with Crippen LogP contribution in [0.3, 0.4) is 0 Å². The van der Waals surface area contributed by atoms with Gasteiger partial charge in [-0.3, -0.25) is 9.59 Å². The zero-order valence-corrected chi connectivity index (χ0v) is 17.5. The highest BCUT2D eigenvalue weighted by molar-refractivity contribution is 5.94. The number of nitrogens with one attached hydrogen (secondary N) is 2. The van der Waals surface area contributed by atoms with Gasteiger partial charge in [-0.25, -0.2) is 4.39 Å². The molecule has 0 saturated carbocycles. The number of carbonyl (C=O) groups is 2. The van der Waals surface area contributed by atoms with Crippen molar-refractivity contribution in [1.82, 2.24) is 15.5 Å². The zero-order valence-electron chi connectivity index (χ0n) is 17.5. The third kappa shape index (κ3) is 6.68. The van der Waals surface area contributed by atoms with Gasteiger partial charge in [0.25, 0.3) is 5.91 Å². The molecular formula is C23H30FN3O2. The molecule has 0 heterocycles. The van der Waals surface area contributed by atoms with Crippen LogP contribution in [0.1, 0.15) is 40.7 Å². The topological polar surface area (TPSA) is 61.4 Å². The summed E-state index contributed by atoms with van der Waals surface area (Å²) in [6, 6.07) is 14.6. The van der Waals surface area contributed by atoms with Crippen molar-refractivity contribution in [3.63, 3.8) is 0 Å². The molecule has 0 radical (unpaired) electrons. The summed E-state index contributed by atoms with van der Waals surface area (Å²) >= 11 is 0. The van der Waals surface area contributed by atoms with Gasteiger partial charge in [0.2, 0.25) is 5.91 Å². The van der Waals surface area contributed by atoms with E-state index in [1.807, 2.05) is 56.3 Å². The number of nitrogens with zero attached hydrogens (tertiary/aromatic N) is 1. The van der Waals surface area contributed by atoms with Crippen molar-refractivity contribution in [3.8, 4) is 0 Å². The number of rotatable bonds is 9. The molecule has 0 saturated heterocycles. The number of likely N-dealkylation sites (N-methyl/N-ethyl adjacent to an activating group) is 1. The van der Waals surface area contributed by atoms with E-state index in [1.165, 1.54) is 19.2 Å². The van der Waals surface area contributed by atoms with Crippen molar-refractivity contribution in [3.05, 3.63) is 71.0 Å². The van der Waals surface area contributed by atoms with E-state index in [0.717, 1.165) is 11.1 Å². The molecule has 2 rings (SSSR count). The Kier molecular flexibility index (Phi) is 8.34. The first kappa shape index (κ1) is 22.6. The minimum absolute atomic E-state index is 0.00523. The molecule has 2 aromatic rings. The van der Waals surface area contributed by atoms with Gasteiger partial charge in [-0.15, -0.1) is 0 Å². The van der Waals surface area contributed by atoms with Crippen molar-refractivity contribution < 1.29 is 14.0 Å². The lowest BCUT2D eigenvalue weighted by atomic mass is 9.97. The van der Waals surface area contributed by atoms with Gasteiger partial charge in [0.05, 0.1) is 5.56 Å². The maximum absolute atomic E-state index is 14.2. The summed E-state index contributed by atoms with van der Waals surface area (Å²) in [7, 11) is 5.33. The van der Waals surface area contributed by atoms with Gasteiger partial charge in [-0.05, 0) is 49.7 Å². The van der Waals surface area contributed by atoms with Crippen LogP contribution < -0.4 is 10.6 Å². The Morgan fingerprint density at radius 3 is 2.38 bits per heavy atom. The standard InChI is InChI=1S/C23H30FN3O2/c1-16(18-8-6-5-7-9-18)12-22(28)26-15-19(27(3)4)13-17-10-11-20(21(24)14-17)23(29)25-2/h5-11,14,16,19H,12-13,15H2,1-4H3,(H,25,29)(H,26,28). The maximum atomic E-state index is 14.2. The van der Waals surface area contributed by atoms with Crippen LogP contribution in [-0.4, -0.2) is 50.4 Å². The van der Waals surface area contributed by atoms with Crippen LogP contribution in [0.4, 0.5) is 4.39 Å². The second kappa shape index (κ2) is 10.7. The van der Waals surface area contributed by atoms with Crippen molar-refractivity contribution in [2.24, 2.45) is 0 Å². The summed E-state index contributed by atoms with van der Waals surface area (Å²) in [4.78, 5) is 26.0. The molecule has 6 heteroatoms. The Morgan fingerprint density at radius 1 is 1.10 bits per heavy atom. The van der Waals surface area contributed by atoms with Crippen LogP contribution in [0.25, 0.3) is 0 Å². The van der Waals surface area contributed by atoms with E-state index in [1.54, 1.807) is 6.07 Å². The molecule has 0 fully saturated rings. The average Bonchev–Trinajstić information content (AvgIpc) is 2.71. The molecule has 0 aromatic heterocycles. The van der Waals surface area contributed by atoms with E-state index < -0.39 is 11.7 Å². The minimum Gasteiger partial charge on any atom is -0.355 e. The molecular weight excluding hydrogens is 369 g/mol. The Morgan fingerprint density at radius 2 is 1.79 bits per heavy atom. The lowest BCUT2D eigenvalue weighted by molar-refractivity contribution is -0.121. The quantitative estimate of drug-likeness (QED) is 0.682. The maximum Gasteiger partial charge on any atom is 0.253 e. The van der Waals surface area contributed by atoms with Gasteiger partial charge in [-0.2, -0.15) is 0 Å². The summed E-state index contributed by atoms with van der Waals surface area (Å²) in [5.41, 5.74) is 1.94. The van der Waals surface area contributed by atoms with Crippen molar-refractivity contribution in [2.45, 2.75) is 31.7 Å². The van der Waals surface area contributed by atoms with E-state index in [-0.39, 0.29) is 23.4 Å². The van der Waals surface area contributed by atoms with E-state index >= 15 is 0 Å². The lowest BCUT2D eigenvalue weighted by Crippen LogP contribution is -2.41. The zero-order chi connectivity index (χ0) is 21.4. The van der Waals surface area contributed by atoms with Gasteiger partial charge in [0.1, 0.15) is 5.82 Å². The van der Waals surface area contributed by atoms with Crippen LogP contribution in [0.15, 0.2) is 48.5 Å². The molecule has 2 aromatic carbocycles. The molecule has 156 valence electrons. The first-order valence-corrected chi connectivity index (χ1v) is 9.80. The fourth-order valence-corrected chi connectivity index (χ4v) is 3.20. The van der Waals surface area contributed by atoms with E-state index in [0.29, 0.717) is 19.4 Å². The van der Waals surface area contributed by atoms with Crippen LogP contribution in [0, 0.1) is 5.82 Å². The first-order valence-electron chi connectivity index (χ1n) is 9.80. The summed E-state index contributed by atoms with van der Waals surface area (Å²) in [6.07, 6.45) is 0.978. The van der Waals surface area contributed by atoms with E-state index in [9.17, 15) is 14.0 Å². The van der Waals surface area contributed by atoms with Crippen molar-refractivity contribution in [1.29, 1.82) is 0 Å². The average molecular weight is 400 g/mol.